The fourth-order valence-corrected chi connectivity index (χ4v) is 3.22. The quantitative estimate of drug-likeness (QED) is 0.899. The molecule has 1 N–H and O–H groups in total. The van der Waals surface area contributed by atoms with E-state index in [4.69, 9.17) is 11.6 Å². The first-order chi connectivity index (χ1) is 9.22. The number of amides is 1. The number of halogens is 1. The topological polar surface area (TPSA) is 32.3 Å². The molecule has 2 aliphatic rings. The molecule has 1 saturated carbocycles. The van der Waals surface area contributed by atoms with E-state index in [1.54, 1.807) is 0 Å². The molecule has 1 heterocycles. The van der Waals surface area contributed by atoms with Gasteiger partial charge in [0.15, 0.2) is 0 Å². The fraction of sp³-hybridized carbons (Fsp3) is 0.533. The van der Waals surface area contributed by atoms with E-state index in [1.165, 1.54) is 0 Å². The molecule has 0 aromatic heterocycles. The van der Waals surface area contributed by atoms with Crippen LogP contribution >= 0.6 is 11.6 Å². The molecule has 1 aliphatic heterocycles. The predicted octanol–water partition coefficient (Wildman–Crippen LogP) is 2.19. The minimum absolute atomic E-state index is 0.276. The Morgan fingerprint density at radius 3 is 2.32 bits per heavy atom. The normalized spacial score (nSPS) is 21.8. The van der Waals surface area contributed by atoms with Crippen molar-refractivity contribution in [2.45, 2.75) is 24.7 Å². The minimum atomic E-state index is -0.276. The highest BCUT2D eigenvalue weighted by Crippen LogP contribution is 2.45. The number of hydrogen-bond donors (Lipinski definition) is 1. The van der Waals surface area contributed by atoms with E-state index in [0.717, 1.165) is 56.0 Å². The number of hydrogen-bond acceptors (Lipinski definition) is 2. The summed E-state index contributed by atoms with van der Waals surface area (Å²) in [5, 5.41) is 4.02. The molecule has 2 fully saturated rings. The third-order valence-corrected chi connectivity index (χ3v) is 4.67. The van der Waals surface area contributed by atoms with Gasteiger partial charge in [0.25, 0.3) is 0 Å². The number of carbonyl (C=O) groups excluding carboxylic acids is 1. The van der Waals surface area contributed by atoms with E-state index in [-0.39, 0.29) is 5.41 Å². The highest BCUT2D eigenvalue weighted by Gasteiger charge is 2.47. The van der Waals surface area contributed by atoms with E-state index in [9.17, 15) is 4.79 Å². The average molecular weight is 279 g/mol. The van der Waals surface area contributed by atoms with E-state index in [1.807, 2.05) is 29.2 Å². The number of rotatable bonds is 2. The lowest BCUT2D eigenvalue weighted by Crippen LogP contribution is -2.56. The van der Waals surface area contributed by atoms with Crippen molar-refractivity contribution in [1.82, 2.24) is 10.2 Å². The van der Waals surface area contributed by atoms with Crippen LogP contribution in [-0.4, -0.2) is 37.0 Å². The maximum atomic E-state index is 12.9. The summed E-state index contributed by atoms with van der Waals surface area (Å²) >= 11 is 5.95. The van der Waals surface area contributed by atoms with Crippen LogP contribution in [-0.2, 0) is 10.2 Å². The van der Waals surface area contributed by atoms with Crippen LogP contribution in [0.3, 0.4) is 0 Å². The van der Waals surface area contributed by atoms with Crippen LogP contribution in [0.5, 0.6) is 0 Å². The summed E-state index contributed by atoms with van der Waals surface area (Å²) in [6.45, 7) is 3.47. The van der Waals surface area contributed by atoms with Gasteiger partial charge in [0, 0.05) is 31.2 Å². The molecule has 0 unspecified atom stereocenters. The third kappa shape index (κ3) is 2.26. The second-order valence-corrected chi connectivity index (χ2v) is 5.92. The number of nitrogens with zero attached hydrogens (tertiary/aromatic N) is 1. The van der Waals surface area contributed by atoms with Crippen LogP contribution in [0.4, 0.5) is 0 Å². The first-order valence-corrected chi connectivity index (χ1v) is 7.36. The highest BCUT2D eigenvalue weighted by atomic mass is 35.5. The van der Waals surface area contributed by atoms with Gasteiger partial charge in [-0.2, -0.15) is 0 Å². The van der Waals surface area contributed by atoms with Gasteiger partial charge in [0.1, 0.15) is 0 Å². The number of carbonyl (C=O) groups is 1. The summed E-state index contributed by atoms with van der Waals surface area (Å²) in [6, 6.07) is 7.81. The third-order valence-electron chi connectivity index (χ3n) is 4.42. The Morgan fingerprint density at radius 1 is 1.16 bits per heavy atom. The average Bonchev–Trinajstić information content (AvgIpc) is 2.40. The summed E-state index contributed by atoms with van der Waals surface area (Å²) in [5.74, 6) is 0.308. The lowest BCUT2D eigenvalue weighted by molar-refractivity contribution is -0.141. The Morgan fingerprint density at radius 2 is 1.79 bits per heavy atom. The highest BCUT2D eigenvalue weighted by molar-refractivity contribution is 6.30. The molecular weight excluding hydrogens is 260 g/mol. The van der Waals surface area contributed by atoms with Crippen molar-refractivity contribution in [3.05, 3.63) is 34.9 Å². The van der Waals surface area contributed by atoms with Crippen molar-refractivity contribution in [3.8, 4) is 0 Å². The van der Waals surface area contributed by atoms with Gasteiger partial charge in [0.2, 0.25) is 5.91 Å². The molecule has 0 bridgehead atoms. The van der Waals surface area contributed by atoms with E-state index < -0.39 is 0 Å². The van der Waals surface area contributed by atoms with Crippen LogP contribution in [0.15, 0.2) is 24.3 Å². The molecule has 19 heavy (non-hydrogen) atoms. The van der Waals surface area contributed by atoms with Crippen LogP contribution in [0.2, 0.25) is 5.02 Å². The summed E-state index contributed by atoms with van der Waals surface area (Å²) in [5.41, 5.74) is 0.855. The van der Waals surface area contributed by atoms with Crippen molar-refractivity contribution >= 4 is 17.5 Å². The van der Waals surface area contributed by atoms with Crippen LogP contribution in [0.25, 0.3) is 0 Å². The summed E-state index contributed by atoms with van der Waals surface area (Å²) in [4.78, 5) is 14.9. The molecule has 1 aromatic rings. The lowest BCUT2D eigenvalue weighted by Gasteiger charge is -2.45. The molecule has 1 saturated heterocycles. The molecule has 3 nitrogen and oxygen atoms in total. The standard InChI is InChI=1S/C15H19ClN2O/c16-13-4-2-12(3-5-13)15(6-1-7-15)14(19)18-10-8-17-9-11-18/h2-5,17H,1,6-11H2. The maximum Gasteiger partial charge on any atom is 0.233 e. The van der Waals surface area contributed by atoms with E-state index >= 15 is 0 Å². The zero-order chi connectivity index (χ0) is 13.3. The Balaban J connectivity index is 1.85. The maximum absolute atomic E-state index is 12.9. The lowest BCUT2D eigenvalue weighted by atomic mass is 9.63. The fourth-order valence-electron chi connectivity index (χ4n) is 3.10. The Bertz CT molecular complexity index is 462. The van der Waals surface area contributed by atoms with Gasteiger partial charge >= 0.3 is 0 Å². The van der Waals surface area contributed by atoms with Gasteiger partial charge in [0.05, 0.1) is 5.41 Å². The van der Waals surface area contributed by atoms with E-state index in [2.05, 4.69) is 5.32 Å². The minimum Gasteiger partial charge on any atom is -0.339 e. The summed E-state index contributed by atoms with van der Waals surface area (Å²) in [7, 11) is 0. The van der Waals surface area contributed by atoms with Gasteiger partial charge in [-0.1, -0.05) is 30.2 Å². The summed E-state index contributed by atoms with van der Waals surface area (Å²) in [6.07, 6.45) is 3.08. The molecule has 1 aliphatic carbocycles. The number of nitrogens with one attached hydrogen (secondary N) is 1. The summed E-state index contributed by atoms with van der Waals surface area (Å²) < 4.78 is 0. The molecule has 1 amide bonds. The van der Waals surface area contributed by atoms with Crippen molar-refractivity contribution in [1.29, 1.82) is 0 Å². The van der Waals surface area contributed by atoms with Crippen molar-refractivity contribution in [2.24, 2.45) is 0 Å². The van der Waals surface area contributed by atoms with Gasteiger partial charge in [-0.05, 0) is 30.5 Å². The first-order valence-electron chi connectivity index (χ1n) is 6.98. The molecule has 4 heteroatoms. The van der Waals surface area contributed by atoms with Gasteiger partial charge in [-0.3, -0.25) is 4.79 Å². The Hall–Kier alpha value is -1.06. The van der Waals surface area contributed by atoms with Gasteiger partial charge in [-0.25, -0.2) is 0 Å². The second-order valence-electron chi connectivity index (χ2n) is 5.48. The Kier molecular flexibility index (Phi) is 3.50. The smallest absolute Gasteiger partial charge is 0.233 e. The largest absolute Gasteiger partial charge is 0.339 e. The predicted molar refractivity (Wildman–Crippen MR) is 76.4 cm³/mol. The first kappa shape index (κ1) is 12.9. The molecular formula is C15H19ClN2O. The zero-order valence-electron chi connectivity index (χ0n) is 11.0. The molecule has 102 valence electrons. The van der Waals surface area contributed by atoms with Crippen molar-refractivity contribution in [2.75, 3.05) is 26.2 Å². The van der Waals surface area contributed by atoms with E-state index in [0.29, 0.717) is 5.91 Å². The van der Waals surface area contributed by atoms with Crippen molar-refractivity contribution in [3.63, 3.8) is 0 Å². The molecule has 1 aromatic carbocycles. The molecule has 3 rings (SSSR count). The Labute approximate surface area is 118 Å². The van der Waals surface area contributed by atoms with Crippen LogP contribution in [0.1, 0.15) is 24.8 Å². The SMILES string of the molecule is O=C(N1CCNCC1)C1(c2ccc(Cl)cc2)CCC1. The molecule has 0 radical (unpaired) electrons. The van der Waals surface area contributed by atoms with Crippen molar-refractivity contribution < 1.29 is 4.79 Å². The molecule has 0 atom stereocenters. The monoisotopic (exact) mass is 278 g/mol. The van der Waals surface area contributed by atoms with Gasteiger partial charge < -0.3 is 10.2 Å². The number of benzene rings is 1. The van der Waals surface area contributed by atoms with Crippen LogP contribution in [0, 0.1) is 0 Å². The number of piperazine rings is 1. The van der Waals surface area contributed by atoms with Gasteiger partial charge in [-0.15, -0.1) is 0 Å². The van der Waals surface area contributed by atoms with Crippen LogP contribution < -0.4 is 5.32 Å². The zero-order valence-corrected chi connectivity index (χ0v) is 11.7. The second kappa shape index (κ2) is 5.14. The molecule has 0 spiro atoms.